The summed E-state index contributed by atoms with van der Waals surface area (Å²) < 4.78 is 5.78. The molecule has 0 bridgehead atoms. The van der Waals surface area contributed by atoms with E-state index in [9.17, 15) is 20.4 Å². The smallest absolute Gasteiger partial charge is 0.157 e. The first-order chi connectivity index (χ1) is 9.95. The Balaban J connectivity index is 2.00. The first-order valence-corrected chi connectivity index (χ1v) is 6.65. The maximum Gasteiger partial charge on any atom is 0.157 e. The lowest BCUT2D eigenvalue weighted by Gasteiger charge is -2.32. The zero-order valence-corrected chi connectivity index (χ0v) is 11.4. The first-order valence-electron chi connectivity index (χ1n) is 6.65. The summed E-state index contributed by atoms with van der Waals surface area (Å²) in [6, 6.07) is 7.44. The minimum Gasteiger partial charge on any atom is -0.508 e. The summed E-state index contributed by atoms with van der Waals surface area (Å²) in [5, 5.41) is 38.9. The van der Waals surface area contributed by atoms with Crippen LogP contribution in [0.2, 0.25) is 0 Å². The van der Waals surface area contributed by atoms with Crippen LogP contribution in [0, 0.1) is 6.92 Å². The third kappa shape index (κ3) is 2.36. The molecule has 0 radical (unpaired) electrons. The molecule has 2 atom stereocenters. The van der Waals surface area contributed by atoms with Gasteiger partial charge >= 0.3 is 0 Å². The van der Waals surface area contributed by atoms with Crippen molar-refractivity contribution in [2.75, 3.05) is 0 Å². The van der Waals surface area contributed by atoms with Crippen LogP contribution in [0.5, 0.6) is 23.0 Å². The van der Waals surface area contributed by atoms with E-state index in [4.69, 9.17) is 4.74 Å². The average Bonchev–Trinajstić information content (AvgIpc) is 2.42. The topological polar surface area (TPSA) is 90.2 Å². The molecule has 0 amide bonds. The Morgan fingerprint density at radius 1 is 1.05 bits per heavy atom. The van der Waals surface area contributed by atoms with E-state index < -0.39 is 12.2 Å². The molecular weight excluding hydrogens is 272 g/mol. The second-order valence-corrected chi connectivity index (χ2v) is 5.30. The molecule has 21 heavy (non-hydrogen) atoms. The summed E-state index contributed by atoms with van der Waals surface area (Å²) in [4.78, 5) is 0. The molecule has 110 valence electrons. The van der Waals surface area contributed by atoms with E-state index >= 15 is 0 Å². The fourth-order valence-electron chi connectivity index (χ4n) is 2.67. The molecule has 1 heterocycles. The first kappa shape index (κ1) is 13.6. The highest BCUT2D eigenvalue weighted by molar-refractivity contribution is 5.49. The molecule has 1 aliphatic heterocycles. The minimum atomic E-state index is -0.773. The predicted molar refractivity (Wildman–Crippen MR) is 75.7 cm³/mol. The van der Waals surface area contributed by atoms with Gasteiger partial charge in [-0.3, -0.25) is 0 Å². The van der Waals surface area contributed by atoms with Gasteiger partial charge in [0.2, 0.25) is 0 Å². The SMILES string of the molecule is Cc1cc(O)cc2c1C[C@H](O)[C@@H](c1ccc(O)c(O)c1)O2. The Morgan fingerprint density at radius 3 is 2.52 bits per heavy atom. The number of aliphatic hydroxyl groups is 1. The Morgan fingerprint density at radius 2 is 1.81 bits per heavy atom. The molecule has 0 spiro atoms. The maximum absolute atomic E-state index is 10.3. The van der Waals surface area contributed by atoms with E-state index in [1.807, 2.05) is 6.92 Å². The average molecular weight is 288 g/mol. The number of aryl methyl sites for hydroxylation is 1. The van der Waals surface area contributed by atoms with Gasteiger partial charge in [0.25, 0.3) is 0 Å². The van der Waals surface area contributed by atoms with Crippen LogP contribution >= 0.6 is 0 Å². The van der Waals surface area contributed by atoms with Crippen LogP contribution < -0.4 is 4.74 Å². The third-order valence-corrected chi connectivity index (χ3v) is 3.76. The summed E-state index contributed by atoms with van der Waals surface area (Å²) >= 11 is 0. The molecule has 0 fully saturated rings. The number of ether oxygens (including phenoxy) is 1. The van der Waals surface area contributed by atoms with Crippen molar-refractivity contribution >= 4 is 0 Å². The number of aromatic hydroxyl groups is 3. The molecule has 2 aromatic rings. The molecule has 2 aromatic carbocycles. The largest absolute Gasteiger partial charge is 0.508 e. The van der Waals surface area contributed by atoms with Crippen LogP contribution in [-0.2, 0) is 6.42 Å². The molecule has 0 aliphatic carbocycles. The number of hydrogen-bond donors (Lipinski definition) is 4. The second-order valence-electron chi connectivity index (χ2n) is 5.30. The van der Waals surface area contributed by atoms with E-state index in [0.717, 1.165) is 11.1 Å². The van der Waals surface area contributed by atoms with Crippen molar-refractivity contribution in [3.63, 3.8) is 0 Å². The van der Waals surface area contributed by atoms with Crippen molar-refractivity contribution < 1.29 is 25.2 Å². The minimum absolute atomic E-state index is 0.106. The Kier molecular flexibility index (Phi) is 3.14. The van der Waals surface area contributed by atoms with E-state index in [1.54, 1.807) is 12.1 Å². The van der Waals surface area contributed by atoms with E-state index in [1.165, 1.54) is 18.2 Å². The van der Waals surface area contributed by atoms with Crippen LogP contribution in [0.15, 0.2) is 30.3 Å². The Hall–Kier alpha value is -2.40. The van der Waals surface area contributed by atoms with Crippen molar-refractivity contribution in [1.82, 2.24) is 0 Å². The van der Waals surface area contributed by atoms with Gasteiger partial charge in [0.1, 0.15) is 17.6 Å². The van der Waals surface area contributed by atoms with Gasteiger partial charge in [-0.2, -0.15) is 0 Å². The zero-order valence-electron chi connectivity index (χ0n) is 11.4. The fourth-order valence-corrected chi connectivity index (χ4v) is 2.67. The van der Waals surface area contributed by atoms with Gasteiger partial charge in [-0.05, 0) is 36.2 Å². The Bertz CT molecular complexity index is 695. The van der Waals surface area contributed by atoms with Crippen LogP contribution in [0.3, 0.4) is 0 Å². The van der Waals surface area contributed by atoms with Gasteiger partial charge in [-0.1, -0.05) is 6.07 Å². The van der Waals surface area contributed by atoms with Crippen LogP contribution in [0.1, 0.15) is 22.8 Å². The lowest BCUT2D eigenvalue weighted by molar-refractivity contribution is 0.0203. The number of rotatable bonds is 1. The van der Waals surface area contributed by atoms with Crippen molar-refractivity contribution in [3.8, 4) is 23.0 Å². The van der Waals surface area contributed by atoms with Crippen LogP contribution in [0.4, 0.5) is 0 Å². The van der Waals surface area contributed by atoms with Crippen LogP contribution in [-0.4, -0.2) is 26.5 Å². The highest BCUT2D eigenvalue weighted by Crippen LogP contribution is 2.40. The zero-order chi connectivity index (χ0) is 15.1. The maximum atomic E-state index is 10.3. The van der Waals surface area contributed by atoms with Crippen molar-refractivity contribution in [2.24, 2.45) is 0 Å². The van der Waals surface area contributed by atoms with E-state index in [-0.39, 0.29) is 17.2 Å². The summed E-state index contributed by atoms with van der Waals surface area (Å²) in [6.07, 6.45) is -1.04. The molecule has 4 N–H and O–H groups in total. The molecule has 5 heteroatoms. The highest BCUT2D eigenvalue weighted by Gasteiger charge is 2.31. The van der Waals surface area contributed by atoms with E-state index in [2.05, 4.69) is 0 Å². The van der Waals surface area contributed by atoms with Gasteiger partial charge in [0.05, 0.1) is 6.10 Å². The van der Waals surface area contributed by atoms with Gasteiger partial charge in [-0.25, -0.2) is 0 Å². The number of aliphatic hydroxyl groups excluding tert-OH is 1. The lowest BCUT2D eigenvalue weighted by atomic mass is 9.92. The van der Waals surface area contributed by atoms with E-state index in [0.29, 0.717) is 17.7 Å². The molecule has 5 nitrogen and oxygen atoms in total. The molecular formula is C16H16O5. The number of benzene rings is 2. The molecule has 0 aromatic heterocycles. The molecule has 1 aliphatic rings. The van der Waals surface area contributed by atoms with Gasteiger partial charge in [0.15, 0.2) is 11.5 Å². The summed E-state index contributed by atoms with van der Waals surface area (Å²) in [5.74, 6) is 0.143. The highest BCUT2D eigenvalue weighted by atomic mass is 16.5. The lowest BCUT2D eigenvalue weighted by Crippen LogP contribution is -2.30. The normalized spacial score (nSPS) is 20.7. The van der Waals surface area contributed by atoms with Crippen molar-refractivity contribution in [2.45, 2.75) is 25.6 Å². The quantitative estimate of drug-likeness (QED) is 0.604. The van der Waals surface area contributed by atoms with Gasteiger partial charge in [-0.15, -0.1) is 0 Å². The molecule has 0 unspecified atom stereocenters. The summed E-state index contributed by atoms with van der Waals surface area (Å²) in [6.45, 7) is 1.85. The molecule has 3 rings (SSSR count). The van der Waals surface area contributed by atoms with Gasteiger partial charge in [0, 0.05) is 18.1 Å². The predicted octanol–water partition coefficient (Wildman–Crippen LogP) is 2.15. The van der Waals surface area contributed by atoms with Gasteiger partial charge < -0.3 is 25.2 Å². The Labute approximate surface area is 121 Å². The van der Waals surface area contributed by atoms with Crippen molar-refractivity contribution in [3.05, 3.63) is 47.0 Å². The third-order valence-electron chi connectivity index (χ3n) is 3.76. The van der Waals surface area contributed by atoms with Crippen LogP contribution in [0.25, 0.3) is 0 Å². The fraction of sp³-hybridized carbons (Fsp3) is 0.250. The number of phenols is 3. The summed E-state index contributed by atoms with van der Waals surface area (Å²) in [7, 11) is 0. The second kappa shape index (κ2) is 4.86. The number of hydrogen-bond acceptors (Lipinski definition) is 5. The summed E-state index contributed by atoms with van der Waals surface area (Å²) in [5.41, 5.74) is 2.28. The molecule has 0 saturated carbocycles. The number of fused-ring (bicyclic) bond motifs is 1. The number of phenolic OH excluding ortho intramolecular Hbond substituents is 3. The standard InChI is InChI=1S/C16H16O5/c1-8-4-10(17)6-15-11(8)7-14(20)16(21-15)9-2-3-12(18)13(19)5-9/h2-6,14,16-20H,7H2,1H3/t14-,16+/m0/s1. The monoisotopic (exact) mass is 288 g/mol. The van der Waals surface area contributed by atoms with Crippen molar-refractivity contribution in [1.29, 1.82) is 0 Å². The molecule has 0 saturated heterocycles.